The highest BCUT2D eigenvalue weighted by Gasteiger charge is 2.13. The quantitative estimate of drug-likeness (QED) is 0.560. The van der Waals surface area contributed by atoms with Crippen molar-refractivity contribution < 1.29 is 9.59 Å². The fourth-order valence-corrected chi connectivity index (χ4v) is 3.50. The summed E-state index contributed by atoms with van der Waals surface area (Å²) in [6.07, 6.45) is 7.78. The zero-order chi connectivity index (χ0) is 18.9. The van der Waals surface area contributed by atoms with Gasteiger partial charge in [-0.3, -0.25) is 10.1 Å². The zero-order valence-corrected chi connectivity index (χ0v) is 15.7. The fourth-order valence-electron chi connectivity index (χ4n) is 2.81. The average molecular weight is 386 g/mol. The number of nitrogens with zero attached hydrogens (tertiary/aromatic N) is 4. The van der Waals surface area contributed by atoms with Crippen molar-refractivity contribution in [1.29, 1.82) is 0 Å². The van der Waals surface area contributed by atoms with E-state index in [1.807, 2.05) is 30.3 Å². The van der Waals surface area contributed by atoms with E-state index in [2.05, 4.69) is 32.2 Å². The molecule has 0 radical (unpaired) electrons. The number of allylic oxidation sites excluding steroid dienone is 1. The lowest BCUT2D eigenvalue weighted by Gasteiger charge is -2.13. The Morgan fingerprint density at radius 3 is 2.81 bits per heavy atom. The first-order valence-electron chi connectivity index (χ1n) is 8.94. The molecule has 2 aromatic rings. The average Bonchev–Trinajstić information content (AvgIpc) is 3.16. The zero-order valence-electron chi connectivity index (χ0n) is 14.9. The molecule has 8 nitrogen and oxygen atoms in total. The van der Waals surface area contributed by atoms with Crippen molar-refractivity contribution in [2.75, 3.05) is 12.3 Å². The summed E-state index contributed by atoms with van der Waals surface area (Å²) in [5.41, 5.74) is 2.19. The van der Waals surface area contributed by atoms with Gasteiger partial charge in [0.05, 0.1) is 11.4 Å². The molecule has 0 aliphatic heterocycles. The molecule has 3 rings (SSSR count). The Labute approximate surface area is 161 Å². The maximum absolute atomic E-state index is 12.0. The minimum atomic E-state index is -0.473. The van der Waals surface area contributed by atoms with Crippen LogP contribution in [0.15, 0.2) is 47.1 Å². The Hall–Kier alpha value is -2.68. The number of aromatic nitrogens is 4. The van der Waals surface area contributed by atoms with Gasteiger partial charge in [0, 0.05) is 6.54 Å². The number of carbonyl (C=O) groups excluding carboxylic acids is 2. The van der Waals surface area contributed by atoms with E-state index in [4.69, 9.17) is 0 Å². The molecule has 0 spiro atoms. The first-order valence-corrected chi connectivity index (χ1v) is 9.93. The number of rotatable bonds is 7. The van der Waals surface area contributed by atoms with Crippen LogP contribution in [0.4, 0.5) is 4.79 Å². The van der Waals surface area contributed by atoms with Crippen LogP contribution in [-0.2, 0) is 4.79 Å². The Morgan fingerprint density at radius 1 is 1.19 bits per heavy atom. The van der Waals surface area contributed by atoms with Crippen molar-refractivity contribution in [1.82, 2.24) is 30.8 Å². The molecule has 0 saturated carbocycles. The van der Waals surface area contributed by atoms with E-state index >= 15 is 0 Å². The van der Waals surface area contributed by atoms with Gasteiger partial charge < -0.3 is 5.32 Å². The number of amides is 3. The lowest BCUT2D eigenvalue weighted by molar-refractivity contribution is -0.117. The summed E-state index contributed by atoms with van der Waals surface area (Å²) in [7, 11) is 0. The van der Waals surface area contributed by atoms with Crippen LogP contribution in [0.2, 0.25) is 0 Å². The lowest BCUT2D eigenvalue weighted by atomic mass is 9.97. The molecule has 0 bridgehead atoms. The molecule has 2 N–H and O–H groups in total. The lowest BCUT2D eigenvalue weighted by Crippen LogP contribution is -2.40. The second-order valence-corrected chi connectivity index (χ2v) is 7.10. The summed E-state index contributed by atoms with van der Waals surface area (Å²) >= 11 is 1.17. The van der Waals surface area contributed by atoms with Crippen LogP contribution in [0.3, 0.4) is 0 Å². The molecule has 1 aromatic heterocycles. The smallest absolute Gasteiger partial charge is 0.321 e. The van der Waals surface area contributed by atoms with Crippen LogP contribution in [0.25, 0.3) is 5.69 Å². The molecule has 142 valence electrons. The maximum Gasteiger partial charge on any atom is 0.321 e. The Morgan fingerprint density at radius 2 is 2.04 bits per heavy atom. The minimum Gasteiger partial charge on any atom is -0.337 e. The van der Waals surface area contributed by atoms with E-state index < -0.39 is 11.9 Å². The van der Waals surface area contributed by atoms with Gasteiger partial charge in [0.25, 0.3) is 0 Å². The van der Waals surface area contributed by atoms with E-state index in [0.717, 1.165) is 24.9 Å². The first kappa shape index (κ1) is 19.1. The van der Waals surface area contributed by atoms with Crippen LogP contribution in [0.1, 0.15) is 32.1 Å². The topological polar surface area (TPSA) is 102 Å². The molecular formula is C18H22N6O2S. The molecule has 3 amide bonds. The van der Waals surface area contributed by atoms with Gasteiger partial charge in [-0.25, -0.2) is 4.79 Å². The Balaban J connectivity index is 1.40. The van der Waals surface area contributed by atoms with Crippen molar-refractivity contribution in [3.8, 4) is 5.69 Å². The number of hydrogen-bond donors (Lipinski definition) is 2. The van der Waals surface area contributed by atoms with E-state index in [1.165, 1.54) is 30.2 Å². The number of para-hydroxylation sites is 1. The highest BCUT2D eigenvalue weighted by molar-refractivity contribution is 7.99. The molecule has 27 heavy (non-hydrogen) atoms. The number of thioether (sulfide) groups is 1. The predicted octanol–water partition coefficient (Wildman–Crippen LogP) is 2.47. The number of carbonyl (C=O) groups is 2. The van der Waals surface area contributed by atoms with Crippen molar-refractivity contribution >= 4 is 23.7 Å². The second-order valence-electron chi connectivity index (χ2n) is 6.16. The Bertz CT molecular complexity index is 805. The number of hydrogen-bond acceptors (Lipinski definition) is 6. The fraction of sp³-hybridized carbons (Fsp3) is 0.389. The number of tetrazole rings is 1. The SMILES string of the molecule is O=C(CSc1nnnn1-c1ccccc1)NC(=O)NCCC1=CCCCC1. The monoisotopic (exact) mass is 386 g/mol. The van der Waals surface area contributed by atoms with Crippen LogP contribution in [0.5, 0.6) is 0 Å². The largest absolute Gasteiger partial charge is 0.337 e. The third kappa shape index (κ3) is 5.92. The third-order valence-corrected chi connectivity index (χ3v) is 5.06. The van der Waals surface area contributed by atoms with Gasteiger partial charge in [-0.2, -0.15) is 4.68 Å². The standard InChI is InChI=1S/C18H22N6O2S/c25-16(20-17(26)19-12-11-14-7-3-1-4-8-14)13-27-18-21-22-23-24(18)15-9-5-2-6-10-15/h2,5-7,9-10H,1,3-4,8,11-13H2,(H2,19,20,25,26). The molecule has 0 unspecified atom stereocenters. The first-order chi connectivity index (χ1) is 13.2. The van der Waals surface area contributed by atoms with Crippen molar-refractivity contribution in [2.45, 2.75) is 37.3 Å². The van der Waals surface area contributed by atoms with Crippen molar-refractivity contribution in [3.63, 3.8) is 0 Å². The minimum absolute atomic E-state index is 0.0474. The van der Waals surface area contributed by atoms with Gasteiger partial charge in [-0.15, -0.1) is 5.10 Å². The molecule has 1 heterocycles. The Kier molecular flexibility index (Phi) is 6.97. The molecule has 1 aliphatic rings. The van der Waals surface area contributed by atoms with Crippen molar-refractivity contribution in [3.05, 3.63) is 42.0 Å². The van der Waals surface area contributed by atoms with E-state index in [-0.39, 0.29) is 5.75 Å². The summed E-state index contributed by atoms with van der Waals surface area (Å²) in [5, 5.41) is 17.0. The number of urea groups is 1. The van der Waals surface area contributed by atoms with Gasteiger partial charge in [0.1, 0.15) is 0 Å². The molecule has 1 aliphatic carbocycles. The van der Waals surface area contributed by atoms with E-state index in [1.54, 1.807) is 4.68 Å². The van der Waals surface area contributed by atoms with E-state index in [0.29, 0.717) is 11.7 Å². The van der Waals surface area contributed by atoms with Gasteiger partial charge in [-0.1, -0.05) is 41.6 Å². The molecule has 0 fully saturated rings. The molecule has 1 aromatic carbocycles. The van der Waals surface area contributed by atoms with Gasteiger partial charge in [0.15, 0.2) is 0 Å². The maximum atomic E-state index is 12.0. The van der Waals surface area contributed by atoms with Crippen molar-refractivity contribution in [2.24, 2.45) is 0 Å². The van der Waals surface area contributed by atoms with E-state index in [9.17, 15) is 9.59 Å². The summed E-state index contributed by atoms with van der Waals surface area (Å²) in [5.74, 6) is -0.344. The van der Waals surface area contributed by atoms with Gasteiger partial charge >= 0.3 is 6.03 Å². The van der Waals surface area contributed by atoms with Crippen LogP contribution in [-0.4, -0.2) is 44.4 Å². The summed E-state index contributed by atoms with van der Waals surface area (Å²) < 4.78 is 1.55. The van der Waals surface area contributed by atoms with Gasteiger partial charge in [-0.05, 0) is 54.7 Å². The third-order valence-electron chi connectivity index (χ3n) is 4.14. The summed E-state index contributed by atoms with van der Waals surface area (Å²) in [4.78, 5) is 23.8. The summed E-state index contributed by atoms with van der Waals surface area (Å²) in [6.45, 7) is 0.532. The van der Waals surface area contributed by atoms with Crippen LogP contribution in [0, 0.1) is 0 Å². The highest BCUT2D eigenvalue weighted by atomic mass is 32.2. The highest BCUT2D eigenvalue weighted by Crippen LogP contribution is 2.19. The second kappa shape index (κ2) is 9.86. The molecular weight excluding hydrogens is 364 g/mol. The number of benzene rings is 1. The molecule has 0 atom stereocenters. The molecule has 0 saturated heterocycles. The normalized spacial score (nSPS) is 13.7. The number of imide groups is 1. The molecule has 9 heteroatoms. The summed E-state index contributed by atoms with van der Waals surface area (Å²) in [6, 6.07) is 8.93. The predicted molar refractivity (Wildman–Crippen MR) is 103 cm³/mol. The van der Waals surface area contributed by atoms with Gasteiger partial charge in [0.2, 0.25) is 11.1 Å². The van der Waals surface area contributed by atoms with Crippen LogP contribution < -0.4 is 10.6 Å². The van der Waals surface area contributed by atoms with Crippen LogP contribution >= 0.6 is 11.8 Å². The number of nitrogens with one attached hydrogen (secondary N) is 2.